The number of nitrogens with zero attached hydrogens (tertiary/aromatic N) is 1. The standard InChI is InChI=1S/C17H28ClN3O2/c1-17(2,3)23-16(22)20-10-9-14(11-19)21(4)12-13-7-5-6-8-15(13)18/h5-8,14H,9-12,19H2,1-4H3,(H,20,22). The molecular weight excluding hydrogens is 314 g/mol. The summed E-state index contributed by atoms with van der Waals surface area (Å²) in [7, 11) is 2.01. The molecule has 0 aliphatic carbocycles. The minimum atomic E-state index is -0.488. The number of ether oxygens (including phenoxy) is 1. The summed E-state index contributed by atoms with van der Waals surface area (Å²) in [5.74, 6) is 0. The highest BCUT2D eigenvalue weighted by molar-refractivity contribution is 6.31. The van der Waals surface area contributed by atoms with Gasteiger partial charge in [0.2, 0.25) is 0 Å². The number of likely N-dealkylation sites (N-methyl/N-ethyl adjacent to an activating group) is 1. The Labute approximate surface area is 144 Å². The van der Waals surface area contributed by atoms with Crippen molar-refractivity contribution in [1.29, 1.82) is 0 Å². The van der Waals surface area contributed by atoms with Crippen molar-refractivity contribution in [1.82, 2.24) is 10.2 Å². The Morgan fingerprint density at radius 1 is 1.39 bits per heavy atom. The van der Waals surface area contributed by atoms with Crippen LogP contribution in [-0.4, -0.2) is 42.8 Å². The van der Waals surface area contributed by atoms with Gasteiger partial charge in [0.25, 0.3) is 0 Å². The van der Waals surface area contributed by atoms with E-state index in [1.165, 1.54) is 0 Å². The number of nitrogens with one attached hydrogen (secondary N) is 1. The molecule has 0 aliphatic rings. The third-order valence-electron chi connectivity index (χ3n) is 3.42. The van der Waals surface area contributed by atoms with Crippen LogP contribution in [0.3, 0.4) is 0 Å². The number of nitrogens with two attached hydrogens (primary N) is 1. The zero-order valence-corrected chi connectivity index (χ0v) is 15.2. The molecule has 0 saturated heterocycles. The molecule has 0 saturated carbocycles. The van der Waals surface area contributed by atoms with E-state index < -0.39 is 11.7 Å². The summed E-state index contributed by atoms with van der Waals surface area (Å²) in [5, 5.41) is 3.52. The van der Waals surface area contributed by atoms with E-state index in [4.69, 9.17) is 22.1 Å². The molecule has 0 aromatic heterocycles. The van der Waals surface area contributed by atoms with Crippen molar-refractivity contribution in [2.75, 3.05) is 20.1 Å². The fraction of sp³-hybridized carbons (Fsp3) is 0.588. The molecule has 0 aliphatic heterocycles. The van der Waals surface area contributed by atoms with Crippen LogP contribution in [-0.2, 0) is 11.3 Å². The third kappa shape index (κ3) is 7.68. The summed E-state index contributed by atoms with van der Waals surface area (Å²) >= 11 is 6.19. The second-order valence-electron chi connectivity index (χ2n) is 6.61. The molecule has 1 atom stereocenters. The van der Waals surface area contributed by atoms with Gasteiger partial charge in [-0.15, -0.1) is 0 Å². The molecule has 1 unspecified atom stereocenters. The Balaban J connectivity index is 2.44. The minimum Gasteiger partial charge on any atom is -0.444 e. The first kappa shape index (κ1) is 19.7. The van der Waals surface area contributed by atoms with Gasteiger partial charge in [-0.25, -0.2) is 4.79 Å². The van der Waals surface area contributed by atoms with E-state index in [2.05, 4.69) is 10.2 Å². The molecule has 0 heterocycles. The zero-order valence-electron chi connectivity index (χ0n) is 14.4. The average molecular weight is 342 g/mol. The van der Waals surface area contributed by atoms with Crippen molar-refractivity contribution in [3.8, 4) is 0 Å². The topological polar surface area (TPSA) is 67.6 Å². The maximum atomic E-state index is 11.6. The van der Waals surface area contributed by atoms with Crippen molar-refractivity contribution in [3.05, 3.63) is 34.9 Å². The number of rotatable bonds is 7. The van der Waals surface area contributed by atoms with E-state index in [1.54, 1.807) is 0 Å². The van der Waals surface area contributed by atoms with Crippen LogP contribution in [0.5, 0.6) is 0 Å². The van der Waals surface area contributed by atoms with Crippen LogP contribution in [0.4, 0.5) is 4.79 Å². The number of benzene rings is 1. The van der Waals surface area contributed by atoms with E-state index in [0.29, 0.717) is 19.6 Å². The number of carbonyl (C=O) groups excluding carboxylic acids is 1. The maximum Gasteiger partial charge on any atom is 0.407 e. The number of halogens is 1. The van der Waals surface area contributed by atoms with Gasteiger partial charge in [-0.3, -0.25) is 4.90 Å². The lowest BCUT2D eigenvalue weighted by Gasteiger charge is -2.27. The molecule has 0 fully saturated rings. The van der Waals surface area contributed by atoms with Crippen molar-refractivity contribution >= 4 is 17.7 Å². The molecule has 0 radical (unpaired) electrons. The fourth-order valence-electron chi connectivity index (χ4n) is 2.20. The molecule has 130 valence electrons. The van der Waals surface area contributed by atoms with E-state index in [-0.39, 0.29) is 6.04 Å². The first-order valence-corrected chi connectivity index (χ1v) is 8.21. The van der Waals surface area contributed by atoms with Gasteiger partial charge < -0.3 is 15.8 Å². The van der Waals surface area contributed by atoms with Crippen LogP contribution in [0.2, 0.25) is 5.02 Å². The lowest BCUT2D eigenvalue weighted by molar-refractivity contribution is 0.0522. The van der Waals surface area contributed by atoms with Crippen LogP contribution < -0.4 is 11.1 Å². The Hall–Kier alpha value is -1.30. The number of alkyl carbamates (subject to hydrolysis) is 1. The van der Waals surface area contributed by atoms with Gasteiger partial charge in [-0.2, -0.15) is 0 Å². The maximum absolute atomic E-state index is 11.6. The monoisotopic (exact) mass is 341 g/mol. The molecule has 1 amide bonds. The predicted molar refractivity (Wildman–Crippen MR) is 94.6 cm³/mol. The molecule has 0 bridgehead atoms. The van der Waals surface area contributed by atoms with Gasteiger partial charge in [0.15, 0.2) is 0 Å². The first-order valence-electron chi connectivity index (χ1n) is 7.83. The van der Waals surface area contributed by atoms with E-state index in [1.807, 2.05) is 52.1 Å². The Bertz CT molecular complexity index is 503. The van der Waals surface area contributed by atoms with Crippen molar-refractivity contribution in [3.63, 3.8) is 0 Å². The summed E-state index contributed by atoms with van der Waals surface area (Å²) in [4.78, 5) is 13.8. The molecule has 1 aromatic rings. The molecule has 1 rings (SSSR count). The number of hydrogen-bond donors (Lipinski definition) is 2. The predicted octanol–water partition coefficient (Wildman–Crippen LogP) is 3.01. The van der Waals surface area contributed by atoms with Crippen LogP contribution in [0.15, 0.2) is 24.3 Å². The van der Waals surface area contributed by atoms with E-state index >= 15 is 0 Å². The van der Waals surface area contributed by atoms with Gasteiger partial charge in [0, 0.05) is 30.7 Å². The van der Waals surface area contributed by atoms with Crippen molar-refractivity contribution < 1.29 is 9.53 Å². The van der Waals surface area contributed by atoms with Gasteiger partial charge in [0.05, 0.1) is 0 Å². The highest BCUT2D eigenvalue weighted by Gasteiger charge is 2.18. The summed E-state index contributed by atoms with van der Waals surface area (Å²) in [6, 6.07) is 7.92. The lowest BCUT2D eigenvalue weighted by Crippen LogP contribution is -2.41. The second kappa shape index (κ2) is 9.11. The number of amides is 1. The fourth-order valence-corrected chi connectivity index (χ4v) is 2.39. The lowest BCUT2D eigenvalue weighted by atomic mass is 10.1. The molecule has 23 heavy (non-hydrogen) atoms. The largest absolute Gasteiger partial charge is 0.444 e. The van der Waals surface area contributed by atoms with Crippen LogP contribution in [0.1, 0.15) is 32.8 Å². The third-order valence-corrected chi connectivity index (χ3v) is 3.79. The van der Waals surface area contributed by atoms with Gasteiger partial charge >= 0.3 is 6.09 Å². The van der Waals surface area contributed by atoms with E-state index in [0.717, 1.165) is 17.0 Å². The molecule has 1 aromatic carbocycles. The zero-order chi connectivity index (χ0) is 17.5. The molecule has 6 heteroatoms. The SMILES string of the molecule is CN(Cc1ccccc1Cl)C(CN)CCNC(=O)OC(C)(C)C. The number of hydrogen-bond acceptors (Lipinski definition) is 4. The number of carbonyl (C=O) groups is 1. The van der Waals surface area contributed by atoms with Gasteiger partial charge in [0.1, 0.15) is 5.60 Å². The summed E-state index contributed by atoms with van der Waals surface area (Å²) < 4.78 is 5.21. The van der Waals surface area contributed by atoms with E-state index in [9.17, 15) is 4.79 Å². The van der Waals surface area contributed by atoms with Gasteiger partial charge in [-0.1, -0.05) is 29.8 Å². The smallest absolute Gasteiger partial charge is 0.407 e. The van der Waals surface area contributed by atoms with Crippen molar-refractivity contribution in [2.24, 2.45) is 5.73 Å². The highest BCUT2D eigenvalue weighted by Crippen LogP contribution is 2.17. The van der Waals surface area contributed by atoms with Crippen LogP contribution in [0.25, 0.3) is 0 Å². The Morgan fingerprint density at radius 3 is 2.61 bits per heavy atom. The van der Waals surface area contributed by atoms with Gasteiger partial charge in [-0.05, 0) is 45.9 Å². The first-order chi connectivity index (χ1) is 10.7. The summed E-state index contributed by atoms with van der Waals surface area (Å²) in [5.41, 5.74) is 6.44. The average Bonchev–Trinajstić information content (AvgIpc) is 2.44. The Kier molecular flexibility index (Phi) is 7.82. The molecule has 5 nitrogen and oxygen atoms in total. The quantitative estimate of drug-likeness (QED) is 0.800. The summed E-state index contributed by atoms with van der Waals surface area (Å²) in [6.45, 7) is 7.26. The summed E-state index contributed by atoms with van der Waals surface area (Å²) in [6.07, 6.45) is 0.346. The minimum absolute atomic E-state index is 0.154. The van der Waals surface area contributed by atoms with Crippen molar-refractivity contribution in [2.45, 2.75) is 45.4 Å². The molecule has 0 spiro atoms. The normalized spacial score (nSPS) is 13.0. The molecular formula is C17H28ClN3O2. The van der Waals surface area contributed by atoms with Crippen LogP contribution in [0, 0.1) is 0 Å². The molecule has 3 N–H and O–H groups in total. The highest BCUT2D eigenvalue weighted by atomic mass is 35.5. The second-order valence-corrected chi connectivity index (χ2v) is 7.02. The Morgan fingerprint density at radius 2 is 2.04 bits per heavy atom. The van der Waals surface area contributed by atoms with Crippen LogP contribution >= 0.6 is 11.6 Å².